The van der Waals surface area contributed by atoms with Crippen LogP contribution in [0, 0.1) is 11.9 Å². The minimum atomic E-state index is -1.17. The molecular weight excluding hydrogens is 426 g/mol. The molecule has 2 aromatic heterocycles. The van der Waals surface area contributed by atoms with Crippen molar-refractivity contribution in [2.75, 3.05) is 6.61 Å². The molecule has 2 aliphatic heterocycles. The molecule has 8 heteroatoms. The first-order valence-electron chi connectivity index (χ1n) is 10.2. The molecule has 1 atom stereocenters. The number of benzene rings is 2. The summed E-state index contributed by atoms with van der Waals surface area (Å²) in [5.74, 6) is -1.04. The van der Waals surface area contributed by atoms with E-state index < -0.39 is 17.4 Å². The second-order valence-electron chi connectivity index (χ2n) is 7.79. The first kappa shape index (κ1) is 19.4. The molecule has 0 fully saturated rings. The molecule has 33 heavy (non-hydrogen) atoms. The number of nitrogens with two attached hydrogens (primary N) is 1. The fourth-order valence-electron chi connectivity index (χ4n) is 4.34. The highest BCUT2D eigenvalue weighted by Gasteiger charge is 2.48. The van der Waals surface area contributed by atoms with Crippen LogP contribution in [0.5, 0.6) is 11.5 Å². The fraction of sp³-hybridized carbons (Fsp3) is 0.0800. The van der Waals surface area contributed by atoms with E-state index in [0.29, 0.717) is 33.7 Å². The Labute approximate surface area is 187 Å². The van der Waals surface area contributed by atoms with E-state index in [9.17, 15) is 4.39 Å². The summed E-state index contributed by atoms with van der Waals surface area (Å²) >= 11 is 0. The van der Waals surface area contributed by atoms with Crippen LogP contribution in [-0.2, 0) is 10.3 Å². The SMILES string of the molecule is NC1=NC2(CO1)c1cc(-c3cccnc3F)ccc1Oc1c2cc(-c2ccccc2)nc1F. The van der Waals surface area contributed by atoms with E-state index in [2.05, 4.69) is 15.0 Å². The Hall–Kier alpha value is -4.33. The van der Waals surface area contributed by atoms with Gasteiger partial charge in [-0.2, -0.15) is 8.78 Å². The van der Waals surface area contributed by atoms with E-state index in [1.165, 1.54) is 6.20 Å². The quantitative estimate of drug-likeness (QED) is 0.452. The zero-order chi connectivity index (χ0) is 22.6. The van der Waals surface area contributed by atoms with Gasteiger partial charge >= 0.3 is 0 Å². The largest absolute Gasteiger partial charge is 0.462 e. The predicted octanol–water partition coefficient (Wildman–Crippen LogP) is 4.78. The number of pyridine rings is 2. The molecule has 0 amide bonds. The van der Waals surface area contributed by atoms with Crippen LogP contribution in [0.2, 0.25) is 0 Å². The summed E-state index contributed by atoms with van der Waals surface area (Å²) in [5.41, 5.74) is 7.83. The van der Waals surface area contributed by atoms with E-state index in [-0.39, 0.29) is 18.4 Å². The Balaban J connectivity index is 1.59. The lowest BCUT2D eigenvalue weighted by Crippen LogP contribution is -2.32. The van der Waals surface area contributed by atoms with Crippen molar-refractivity contribution in [2.45, 2.75) is 5.54 Å². The van der Waals surface area contributed by atoms with Gasteiger partial charge in [0, 0.05) is 28.5 Å². The molecular formula is C25H16F2N4O2. The Kier molecular flexibility index (Phi) is 4.16. The van der Waals surface area contributed by atoms with Gasteiger partial charge in [-0.1, -0.05) is 36.4 Å². The fourth-order valence-corrected chi connectivity index (χ4v) is 4.34. The maximum atomic E-state index is 15.2. The molecule has 1 unspecified atom stereocenters. The lowest BCUT2D eigenvalue weighted by Gasteiger charge is -2.34. The van der Waals surface area contributed by atoms with Crippen molar-refractivity contribution in [3.8, 4) is 33.9 Å². The van der Waals surface area contributed by atoms with E-state index in [4.69, 9.17) is 15.2 Å². The minimum absolute atomic E-state index is 0.0229. The summed E-state index contributed by atoms with van der Waals surface area (Å²) < 4.78 is 41.1. The lowest BCUT2D eigenvalue weighted by atomic mass is 9.80. The Bertz CT molecular complexity index is 1440. The van der Waals surface area contributed by atoms with Crippen LogP contribution in [0.15, 0.2) is 77.9 Å². The molecule has 2 aromatic carbocycles. The van der Waals surface area contributed by atoms with Crippen LogP contribution in [0.4, 0.5) is 8.78 Å². The molecule has 6 rings (SSSR count). The van der Waals surface area contributed by atoms with Gasteiger partial charge in [-0.25, -0.2) is 15.0 Å². The molecule has 4 aromatic rings. The number of fused-ring (bicyclic) bond motifs is 4. The number of ether oxygens (including phenoxy) is 2. The number of aromatic nitrogens is 2. The highest BCUT2D eigenvalue weighted by atomic mass is 19.1. The Morgan fingerprint density at radius 1 is 0.879 bits per heavy atom. The van der Waals surface area contributed by atoms with Crippen molar-refractivity contribution in [1.29, 1.82) is 0 Å². The van der Waals surface area contributed by atoms with Gasteiger partial charge in [-0.15, -0.1) is 0 Å². The van der Waals surface area contributed by atoms with E-state index in [0.717, 1.165) is 5.56 Å². The third-order valence-electron chi connectivity index (χ3n) is 5.88. The zero-order valence-corrected chi connectivity index (χ0v) is 17.1. The van der Waals surface area contributed by atoms with Crippen LogP contribution in [-0.4, -0.2) is 22.6 Å². The van der Waals surface area contributed by atoms with Crippen molar-refractivity contribution in [1.82, 2.24) is 9.97 Å². The van der Waals surface area contributed by atoms with E-state index in [1.807, 2.05) is 30.3 Å². The number of aliphatic imine (C=N–C) groups is 1. The molecule has 1 spiro atoms. The van der Waals surface area contributed by atoms with Gasteiger partial charge in [0.25, 0.3) is 12.0 Å². The highest BCUT2D eigenvalue weighted by molar-refractivity contribution is 5.78. The summed E-state index contributed by atoms with van der Waals surface area (Å²) in [4.78, 5) is 12.4. The van der Waals surface area contributed by atoms with Crippen LogP contribution < -0.4 is 10.5 Å². The zero-order valence-electron chi connectivity index (χ0n) is 17.1. The minimum Gasteiger partial charge on any atom is -0.462 e. The number of amidine groups is 1. The standard InChI is InChI=1S/C25H16F2N4O2/c26-22-16(7-4-10-29-22)15-8-9-20-17(11-15)25(13-32-24(28)31-25)18-12-19(14-5-2-1-3-6-14)30-23(27)21(18)33-20/h1-12H,13H2,(H2,28,31). The van der Waals surface area contributed by atoms with Crippen molar-refractivity contribution in [2.24, 2.45) is 10.7 Å². The Morgan fingerprint density at radius 3 is 2.48 bits per heavy atom. The smallest absolute Gasteiger partial charge is 0.283 e. The summed E-state index contributed by atoms with van der Waals surface area (Å²) in [6.45, 7) is 0.0405. The molecule has 0 saturated carbocycles. The van der Waals surface area contributed by atoms with Crippen LogP contribution in [0.25, 0.3) is 22.4 Å². The average Bonchev–Trinajstić information content (AvgIpc) is 3.23. The van der Waals surface area contributed by atoms with Crippen molar-refractivity contribution in [3.05, 3.63) is 95.9 Å². The van der Waals surface area contributed by atoms with Gasteiger partial charge in [0.05, 0.1) is 5.69 Å². The van der Waals surface area contributed by atoms with Gasteiger partial charge in [0.1, 0.15) is 12.4 Å². The third kappa shape index (κ3) is 2.95. The van der Waals surface area contributed by atoms with Crippen LogP contribution in [0.3, 0.4) is 0 Å². The molecule has 0 saturated heterocycles. The summed E-state index contributed by atoms with van der Waals surface area (Å²) in [6.07, 6.45) is 1.38. The maximum absolute atomic E-state index is 15.2. The van der Waals surface area contributed by atoms with Gasteiger partial charge < -0.3 is 15.2 Å². The van der Waals surface area contributed by atoms with E-state index >= 15 is 4.39 Å². The lowest BCUT2D eigenvalue weighted by molar-refractivity contribution is 0.261. The van der Waals surface area contributed by atoms with Gasteiger partial charge in [-0.05, 0) is 35.9 Å². The van der Waals surface area contributed by atoms with Crippen LogP contribution in [0.1, 0.15) is 11.1 Å². The second kappa shape index (κ2) is 7.09. The topological polar surface area (TPSA) is 82.6 Å². The number of hydrogen-bond donors (Lipinski definition) is 1. The molecule has 0 bridgehead atoms. The number of nitrogens with zero attached hydrogens (tertiary/aromatic N) is 3. The molecule has 4 heterocycles. The molecule has 0 radical (unpaired) electrons. The first-order valence-corrected chi connectivity index (χ1v) is 10.2. The van der Waals surface area contributed by atoms with Crippen LogP contribution >= 0.6 is 0 Å². The van der Waals surface area contributed by atoms with Crippen molar-refractivity contribution in [3.63, 3.8) is 0 Å². The molecule has 2 N–H and O–H groups in total. The maximum Gasteiger partial charge on any atom is 0.283 e. The second-order valence-corrected chi connectivity index (χ2v) is 7.79. The summed E-state index contributed by atoms with van der Waals surface area (Å²) in [7, 11) is 0. The van der Waals surface area contributed by atoms with E-state index in [1.54, 1.807) is 36.4 Å². The number of halogens is 2. The molecule has 0 aliphatic carbocycles. The van der Waals surface area contributed by atoms with Gasteiger partial charge in [0.2, 0.25) is 5.95 Å². The molecule has 2 aliphatic rings. The molecule has 6 nitrogen and oxygen atoms in total. The summed E-state index contributed by atoms with van der Waals surface area (Å²) in [6, 6.07) is 19.3. The highest BCUT2D eigenvalue weighted by Crippen LogP contribution is 2.52. The van der Waals surface area contributed by atoms with Crippen molar-refractivity contribution >= 4 is 6.02 Å². The van der Waals surface area contributed by atoms with Gasteiger partial charge in [-0.3, -0.25) is 0 Å². The predicted molar refractivity (Wildman–Crippen MR) is 118 cm³/mol. The molecule has 162 valence electrons. The first-order chi connectivity index (χ1) is 16.0. The summed E-state index contributed by atoms with van der Waals surface area (Å²) in [5, 5.41) is 0. The number of rotatable bonds is 2. The monoisotopic (exact) mass is 442 g/mol. The van der Waals surface area contributed by atoms with Crippen molar-refractivity contribution < 1.29 is 18.3 Å². The number of hydrogen-bond acceptors (Lipinski definition) is 6. The third-order valence-corrected chi connectivity index (χ3v) is 5.88. The average molecular weight is 442 g/mol. The Morgan fingerprint density at radius 2 is 1.73 bits per heavy atom. The van der Waals surface area contributed by atoms with Gasteiger partial charge in [0.15, 0.2) is 11.3 Å². The normalized spacial score (nSPS) is 18.2.